The molecule has 5 heteroatoms. The number of carbonyl (C=O) groups is 1. The lowest BCUT2D eigenvalue weighted by molar-refractivity contribution is 0.103. The molecule has 2 rings (SSSR count). The van der Waals surface area contributed by atoms with Gasteiger partial charge in [-0.05, 0) is 32.0 Å². The van der Waals surface area contributed by atoms with Crippen molar-refractivity contribution in [2.75, 3.05) is 18.9 Å². The molecule has 0 unspecified atom stereocenters. The van der Waals surface area contributed by atoms with Crippen LogP contribution in [-0.4, -0.2) is 19.0 Å². The lowest BCUT2D eigenvalue weighted by Gasteiger charge is -2.14. The van der Waals surface area contributed by atoms with E-state index in [0.717, 1.165) is 4.47 Å². The number of hydrogen-bond donors (Lipinski definition) is 1. The van der Waals surface area contributed by atoms with Crippen LogP contribution in [0.25, 0.3) is 0 Å². The van der Waals surface area contributed by atoms with E-state index < -0.39 is 0 Å². The fourth-order valence-electron chi connectivity index (χ4n) is 2.09. The van der Waals surface area contributed by atoms with E-state index in [4.69, 9.17) is 15.2 Å². The van der Waals surface area contributed by atoms with Crippen LogP contribution < -0.4 is 15.2 Å². The molecule has 0 fully saturated rings. The number of ether oxygens (including phenoxy) is 2. The van der Waals surface area contributed by atoms with Gasteiger partial charge >= 0.3 is 0 Å². The summed E-state index contributed by atoms with van der Waals surface area (Å²) in [7, 11) is 0. The molecule has 0 amide bonds. The molecule has 0 heterocycles. The number of anilines is 1. The Bertz CT molecular complexity index is 686. The van der Waals surface area contributed by atoms with Gasteiger partial charge in [0, 0.05) is 27.4 Å². The standard InChI is InChI=1S/C17H18BrNO3/c1-3-21-15-9-13(14(19)10-16(15)22-4-2)17(20)11-6-5-7-12(18)8-11/h5-10H,3-4,19H2,1-2H3. The zero-order valence-corrected chi connectivity index (χ0v) is 14.1. The Hall–Kier alpha value is -2.01. The van der Waals surface area contributed by atoms with E-state index in [-0.39, 0.29) is 5.78 Å². The summed E-state index contributed by atoms with van der Waals surface area (Å²) in [4.78, 5) is 12.6. The summed E-state index contributed by atoms with van der Waals surface area (Å²) in [6, 6.07) is 10.5. The molecule has 0 bridgehead atoms. The summed E-state index contributed by atoms with van der Waals surface area (Å²) < 4.78 is 11.9. The first-order chi connectivity index (χ1) is 10.6. The average Bonchev–Trinajstić information content (AvgIpc) is 2.49. The summed E-state index contributed by atoms with van der Waals surface area (Å²) in [5.74, 6) is 0.923. The molecule has 0 aliphatic carbocycles. The van der Waals surface area contributed by atoms with Crippen LogP contribution in [0.1, 0.15) is 29.8 Å². The smallest absolute Gasteiger partial charge is 0.195 e. The third kappa shape index (κ3) is 3.60. The minimum absolute atomic E-state index is 0.150. The normalized spacial score (nSPS) is 10.3. The van der Waals surface area contributed by atoms with Crippen LogP contribution in [0.4, 0.5) is 5.69 Å². The van der Waals surface area contributed by atoms with Crippen molar-refractivity contribution in [2.45, 2.75) is 13.8 Å². The number of benzene rings is 2. The number of nitrogen functional groups attached to an aromatic ring is 1. The first kappa shape index (κ1) is 16.4. The molecule has 2 aromatic rings. The van der Waals surface area contributed by atoms with Gasteiger partial charge in [-0.3, -0.25) is 4.79 Å². The van der Waals surface area contributed by atoms with Gasteiger partial charge in [0.25, 0.3) is 0 Å². The number of nitrogens with two attached hydrogens (primary N) is 1. The van der Waals surface area contributed by atoms with Crippen LogP contribution >= 0.6 is 15.9 Å². The number of rotatable bonds is 6. The van der Waals surface area contributed by atoms with Crippen LogP contribution in [0.5, 0.6) is 11.5 Å². The third-order valence-electron chi connectivity index (χ3n) is 3.05. The van der Waals surface area contributed by atoms with Gasteiger partial charge in [-0.1, -0.05) is 28.1 Å². The van der Waals surface area contributed by atoms with Crippen molar-refractivity contribution in [1.82, 2.24) is 0 Å². The van der Waals surface area contributed by atoms with Gasteiger partial charge in [0.05, 0.1) is 13.2 Å². The van der Waals surface area contributed by atoms with Gasteiger partial charge in [-0.15, -0.1) is 0 Å². The zero-order valence-electron chi connectivity index (χ0n) is 12.6. The molecule has 2 N–H and O–H groups in total. The molecule has 0 spiro atoms. The monoisotopic (exact) mass is 363 g/mol. The summed E-state index contributed by atoms with van der Waals surface area (Å²) in [5, 5.41) is 0. The Kier molecular flexibility index (Phi) is 5.44. The Labute approximate surface area is 138 Å². The van der Waals surface area contributed by atoms with Gasteiger partial charge in [0.2, 0.25) is 0 Å². The lowest BCUT2D eigenvalue weighted by Crippen LogP contribution is -2.08. The number of hydrogen-bond acceptors (Lipinski definition) is 4. The van der Waals surface area contributed by atoms with Gasteiger partial charge in [0.1, 0.15) is 0 Å². The summed E-state index contributed by atoms with van der Waals surface area (Å²) >= 11 is 3.36. The van der Waals surface area contributed by atoms with Crippen molar-refractivity contribution in [3.63, 3.8) is 0 Å². The number of ketones is 1. The van der Waals surface area contributed by atoms with E-state index in [9.17, 15) is 4.79 Å². The predicted octanol–water partition coefficient (Wildman–Crippen LogP) is 4.06. The topological polar surface area (TPSA) is 61.5 Å². The van der Waals surface area contributed by atoms with E-state index in [1.165, 1.54) is 0 Å². The molecule has 22 heavy (non-hydrogen) atoms. The number of halogens is 1. The van der Waals surface area contributed by atoms with Crippen LogP contribution in [0.2, 0.25) is 0 Å². The van der Waals surface area contributed by atoms with Crippen molar-refractivity contribution in [1.29, 1.82) is 0 Å². The quantitative estimate of drug-likeness (QED) is 0.620. The Morgan fingerprint density at radius 3 is 2.32 bits per heavy atom. The van der Waals surface area contributed by atoms with Crippen molar-refractivity contribution in [3.8, 4) is 11.5 Å². The minimum atomic E-state index is -0.150. The van der Waals surface area contributed by atoms with Crippen LogP contribution in [0, 0.1) is 0 Å². The van der Waals surface area contributed by atoms with Crippen molar-refractivity contribution in [3.05, 3.63) is 52.0 Å². The highest BCUT2D eigenvalue weighted by Crippen LogP contribution is 2.33. The molecule has 0 aliphatic rings. The second kappa shape index (κ2) is 7.31. The van der Waals surface area contributed by atoms with Gasteiger partial charge in [-0.2, -0.15) is 0 Å². The maximum absolute atomic E-state index is 12.6. The second-order valence-corrected chi connectivity index (χ2v) is 5.51. The molecule has 0 saturated heterocycles. The molecule has 116 valence electrons. The first-order valence-electron chi connectivity index (χ1n) is 7.06. The van der Waals surface area contributed by atoms with Crippen molar-refractivity contribution in [2.24, 2.45) is 0 Å². The molecule has 0 aliphatic heterocycles. The van der Waals surface area contributed by atoms with Gasteiger partial charge in [-0.25, -0.2) is 0 Å². The van der Waals surface area contributed by atoms with Gasteiger partial charge in [0.15, 0.2) is 17.3 Å². The van der Waals surface area contributed by atoms with Crippen LogP contribution in [0.15, 0.2) is 40.9 Å². The van der Waals surface area contributed by atoms with Crippen LogP contribution in [-0.2, 0) is 0 Å². The van der Waals surface area contributed by atoms with E-state index >= 15 is 0 Å². The molecular weight excluding hydrogens is 346 g/mol. The molecule has 0 aromatic heterocycles. The summed E-state index contributed by atoms with van der Waals surface area (Å²) in [6.45, 7) is 4.74. The Morgan fingerprint density at radius 2 is 1.73 bits per heavy atom. The maximum Gasteiger partial charge on any atom is 0.195 e. The van der Waals surface area contributed by atoms with E-state index in [2.05, 4.69) is 15.9 Å². The van der Waals surface area contributed by atoms with Crippen molar-refractivity contribution >= 4 is 27.4 Å². The lowest BCUT2D eigenvalue weighted by atomic mass is 10.0. The largest absolute Gasteiger partial charge is 0.490 e. The van der Waals surface area contributed by atoms with E-state index in [1.54, 1.807) is 24.3 Å². The third-order valence-corrected chi connectivity index (χ3v) is 3.54. The van der Waals surface area contributed by atoms with E-state index in [0.29, 0.717) is 41.5 Å². The van der Waals surface area contributed by atoms with E-state index in [1.807, 2.05) is 26.0 Å². The fourth-order valence-corrected chi connectivity index (χ4v) is 2.49. The molecule has 0 saturated carbocycles. The average molecular weight is 364 g/mol. The SMILES string of the molecule is CCOc1cc(N)c(C(=O)c2cccc(Br)c2)cc1OCC. The number of carbonyl (C=O) groups excluding carboxylic acids is 1. The minimum Gasteiger partial charge on any atom is -0.490 e. The van der Waals surface area contributed by atoms with Gasteiger partial charge < -0.3 is 15.2 Å². The molecule has 0 atom stereocenters. The Morgan fingerprint density at radius 1 is 1.09 bits per heavy atom. The predicted molar refractivity (Wildman–Crippen MR) is 90.8 cm³/mol. The van der Waals surface area contributed by atoms with Crippen molar-refractivity contribution < 1.29 is 14.3 Å². The molecule has 0 radical (unpaired) electrons. The summed E-state index contributed by atoms with van der Waals surface area (Å²) in [5.41, 5.74) is 7.37. The molecule has 2 aromatic carbocycles. The molecular formula is C17H18BrNO3. The zero-order chi connectivity index (χ0) is 16.1. The first-order valence-corrected chi connectivity index (χ1v) is 7.85. The fraction of sp³-hybridized carbons (Fsp3) is 0.235. The molecule has 4 nitrogen and oxygen atoms in total. The highest BCUT2D eigenvalue weighted by Gasteiger charge is 2.17. The van der Waals surface area contributed by atoms with Crippen LogP contribution in [0.3, 0.4) is 0 Å². The Balaban J connectivity index is 2.46. The summed E-state index contributed by atoms with van der Waals surface area (Å²) in [6.07, 6.45) is 0. The second-order valence-electron chi connectivity index (χ2n) is 4.59. The maximum atomic E-state index is 12.6. The highest BCUT2D eigenvalue weighted by molar-refractivity contribution is 9.10. The highest BCUT2D eigenvalue weighted by atomic mass is 79.9.